The Labute approximate surface area is 138 Å². The molecule has 5 nitrogen and oxygen atoms in total. The molecule has 6 heteroatoms. The maximum Gasteiger partial charge on any atom is 0.415 e. The number of carbonyl (C=O) groups excluding carboxylic acids is 2. The Morgan fingerprint density at radius 1 is 1.26 bits per heavy atom. The van der Waals surface area contributed by atoms with Crippen molar-refractivity contribution in [2.45, 2.75) is 19.6 Å². The van der Waals surface area contributed by atoms with Crippen LogP contribution in [0.25, 0.3) is 0 Å². The van der Waals surface area contributed by atoms with Crippen LogP contribution in [0.5, 0.6) is 0 Å². The summed E-state index contributed by atoms with van der Waals surface area (Å²) in [5, 5.41) is 3.23. The average molecular weight is 331 g/mol. The average Bonchev–Trinajstić information content (AvgIpc) is 2.55. The summed E-state index contributed by atoms with van der Waals surface area (Å²) in [6.45, 7) is 1.78. The van der Waals surface area contributed by atoms with Gasteiger partial charge >= 0.3 is 6.09 Å². The summed E-state index contributed by atoms with van der Waals surface area (Å²) in [4.78, 5) is 25.8. The molecule has 1 N–H and O–H groups in total. The third-order valence-electron chi connectivity index (χ3n) is 3.65. The van der Waals surface area contributed by atoms with Crippen molar-refractivity contribution in [3.63, 3.8) is 0 Å². The van der Waals surface area contributed by atoms with Gasteiger partial charge in [0.05, 0.1) is 11.4 Å². The number of hydrogen-bond acceptors (Lipinski definition) is 3. The van der Waals surface area contributed by atoms with Gasteiger partial charge in [0, 0.05) is 5.02 Å². The molecule has 0 saturated heterocycles. The number of hydrogen-bond donors (Lipinski definition) is 1. The second-order valence-corrected chi connectivity index (χ2v) is 5.67. The fourth-order valence-corrected chi connectivity index (χ4v) is 2.58. The normalized spacial score (nSPS) is 16.5. The van der Waals surface area contributed by atoms with E-state index in [1.165, 1.54) is 4.90 Å². The van der Waals surface area contributed by atoms with Gasteiger partial charge in [-0.05, 0) is 30.7 Å². The van der Waals surface area contributed by atoms with Crippen LogP contribution in [0.1, 0.15) is 12.5 Å². The largest absolute Gasteiger partial charge is 0.444 e. The van der Waals surface area contributed by atoms with Crippen molar-refractivity contribution in [2.24, 2.45) is 0 Å². The minimum absolute atomic E-state index is 0.139. The Balaban J connectivity index is 1.84. The summed E-state index contributed by atoms with van der Waals surface area (Å²) in [6, 6.07) is 13.6. The third kappa shape index (κ3) is 3.14. The fourth-order valence-electron chi connectivity index (χ4n) is 2.42. The summed E-state index contributed by atoms with van der Waals surface area (Å²) in [5.74, 6) is -0.267. The van der Waals surface area contributed by atoms with Crippen LogP contribution in [0, 0.1) is 0 Å². The van der Waals surface area contributed by atoms with E-state index in [2.05, 4.69) is 5.32 Å². The molecule has 0 aromatic heterocycles. The van der Waals surface area contributed by atoms with Crippen LogP contribution in [-0.4, -0.2) is 18.0 Å². The molecule has 1 aliphatic rings. The van der Waals surface area contributed by atoms with Gasteiger partial charge in [0.15, 0.2) is 0 Å². The van der Waals surface area contributed by atoms with E-state index in [1.54, 1.807) is 25.1 Å². The van der Waals surface area contributed by atoms with Gasteiger partial charge in [-0.3, -0.25) is 9.69 Å². The van der Waals surface area contributed by atoms with Gasteiger partial charge in [-0.1, -0.05) is 41.9 Å². The predicted octanol–water partition coefficient (Wildman–Crippen LogP) is 3.82. The minimum atomic E-state index is -0.677. The van der Waals surface area contributed by atoms with E-state index < -0.39 is 12.1 Å². The van der Waals surface area contributed by atoms with E-state index in [1.807, 2.05) is 30.3 Å². The zero-order valence-corrected chi connectivity index (χ0v) is 13.2. The van der Waals surface area contributed by atoms with Crippen molar-refractivity contribution < 1.29 is 14.3 Å². The summed E-state index contributed by atoms with van der Waals surface area (Å²) in [7, 11) is 0. The highest BCUT2D eigenvalue weighted by Crippen LogP contribution is 2.34. The van der Waals surface area contributed by atoms with E-state index in [0.29, 0.717) is 16.4 Å². The number of rotatable bonds is 2. The number of ether oxygens (including phenoxy) is 1. The number of anilines is 2. The maximum atomic E-state index is 12.5. The zero-order valence-electron chi connectivity index (χ0n) is 12.5. The maximum absolute atomic E-state index is 12.5. The molecule has 0 spiro atoms. The first-order chi connectivity index (χ1) is 11.1. The number of amides is 2. The van der Waals surface area contributed by atoms with Gasteiger partial charge < -0.3 is 10.1 Å². The number of halogens is 1. The fraction of sp³-hybridized carbons (Fsp3) is 0.176. The van der Waals surface area contributed by atoms with Gasteiger partial charge in [0.2, 0.25) is 5.91 Å². The van der Waals surface area contributed by atoms with Crippen LogP contribution < -0.4 is 10.2 Å². The lowest BCUT2D eigenvalue weighted by Gasteiger charge is -2.33. The molecule has 1 heterocycles. The lowest BCUT2D eigenvalue weighted by molar-refractivity contribution is -0.117. The number of nitrogens with one attached hydrogen (secondary N) is 1. The Morgan fingerprint density at radius 2 is 2.00 bits per heavy atom. The highest BCUT2D eigenvalue weighted by molar-refractivity contribution is 6.31. The number of fused-ring (bicyclic) bond motifs is 1. The quantitative estimate of drug-likeness (QED) is 0.910. The van der Waals surface area contributed by atoms with Crippen molar-refractivity contribution in [1.82, 2.24) is 0 Å². The molecule has 0 saturated carbocycles. The number of nitrogens with zero attached hydrogens (tertiary/aromatic N) is 1. The van der Waals surface area contributed by atoms with Gasteiger partial charge in [0.1, 0.15) is 12.6 Å². The SMILES string of the molecule is C[C@H]1C(=O)Nc2ccc(Cl)cc2N1C(=O)OCc1ccccc1. The lowest BCUT2D eigenvalue weighted by Crippen LogP contribution is -2.49. The van der Waals surface area contributed by atoms with Gasteiger partial charge in [-0.25, -0.2) is 4.79 Å². The Morgan fingerprint density at radius 3 is 2.74 bits per heavy atom. The number of benzene rings is 2. The smallest absolute Gasteiger partial charge is 0.415 e. The van der Waals surface area contributed by atoms with Crippen LogP contribution in [-0.2, 0) is 16.1 Å². The van der Waals surface area contributed by atoms with Crippen LogP contribution in [0.3, 0.4) is 0 Å². The van der Waals surface area contributed by atoms with Crippen molar-refractivity contribution >= 4 is 35.0 Å². The van der Waals surface area contributed by atoms with Crippen LogP contribution in [0.15, 0.2) is 48.5 Å². The van der Waals surface area contributed by atoms with E-state index in [4.69, 9.17) is 16.3 Å². The topological polar surface area (TPSA) is 58.6 Å². The van der Waals surface area contributed by atoms with Crippen molar-refractivity contribution in [2.75, 3.05) is 10.2 Å². The van der Waals surface area contributed by atoms with Gasteiger partial charge in [-0.2, -0.15) is 0 Å². The lowest BCUT2D eigenvalue weighted by atomic mass is 10.1. The molecule has 2 aromatic carbocycles. The molecule has 0 unspecified atom stereocenters. The summed E-state index contributed by atoms with van der Waals surface area (Å²) >= 11 is 6.01. The van der Waals surface area contributed by atoms with Crippen LogP contribution in [0.2, 0.25) is 5.02 Å². The first kappa shape index (κ1) is 15.4. The highest BCUT2D eigenvalue weighted by atomic mass is 35.5. The summed E-state index contributed by atoms with van der Waals surface area (Å²) in [5.41, 5.74) is 1.94. The molecule has 1 aliphatic heterocycles. The molecule has 0 aliphatic carbocycles. The predicted molar refractivity (Wildman–Crippen MR) is 88.6 cm³/mol. The van der Waals surface area contributed by atoms with Crippen LogP contribution >= 0.6 is 11.6 Å². The third-order valence-corrected chi connectivity index (χ3v) is 3.88. The first-order valence-electron chi connectivity index (χ1n) is 7.16. The van der Waals surface area contributed by atoms with Crippen molar-refractivity contribution in [3.8, 4) is 0 Å². The van der Waals surface area contributed by atoms with Gasteiger partial charge in [-0.15, -0.1) is 0 Å². The Bertz CT molecular complexity index is 749. The standard InChI is InChI=1S/C17H15ClN2O3/c1-11-16(21)19-14-8-7-13(18)9-15(14)20(11)17(22)23-10-12-5-3-2-4-6-12/h2-9,11H,10H2,1H3,(H,19,21)/t11-/m0/s1. The minimum Gasteiger partial charge on any atom is -0.444 e. The zero-order chi connectivity index (χ0) is 16.4. The molecule has 118 valence electrons. The Hall–Kier alpha value is -2.53. The number of carbonyl (C=O) groups is 2. The summed E-state index contributed by atoms with van der Waals surface area (Å²) < 4.78 is 5.35. The molecule has 2 amide bonds. The molecule has 0 fully saturated rings. The second-order valence-electron chi connectivity index (χ2n) is 5.24. The molecule has 3 rings (SSSR count). The van der Waals surface area contributed by atoms with E-state index in [9.17, 15) is 9.59 Å². The van der Waals surface area contributed by atoms with Gasteiger partial charge in [0.25, 0.3) is 0 Å². The van der Waals surface area contributed by atoms with Crippen LogP contribution in [0.4, 0.5) is 16.2 Å². The Kier molecular flexibility index (Phi) is 4.21. The first-order valence-corrected chi connectivity index (χ1v) is 7.54. The van der Waals surface area contributed by atoms with E-state index in [0.717, 1.165) is 5.56 Å². The highest BCUT2D eigenvalue weighted by Gasteiger charge is 2.35. The molecular weight excluding hydrogens is 316 g/mol. The van der Waals surface area contributed by atoms with Crippen molar-refractivity contribution in [3.05, 3.63) is 59.1 Å². The van der Waals surface area contributed by atoms with E-state index >= 15 is 0 Å². The molecule has 2 aromatic rings. The second kappa shape index (κ2) is 6.30. The summed E-state index contributed by atoms with van der Waals surface area (Å²) in [6.07, 6.45) is -0.584. The van der Waals surface area contributed by atoms with Crippen molar-refractivity contribution in [1.29, 1.82) is 0 Å². The molecule has 1 atom stereocenters. The molecule has 0 bridgehead atoms. The molecule has 23 heavy (non-hydrogen) atoms. The molecular formula is C17H15ClN2O3. The van der Waals surface area contributed by atoms with E-state index in [-0.39, 0.29) is 12.5 Å². The molecule has 0 radical (unpaired) electrons. The monoisotopic (exact) mass is 330 g/mol.